The van der Waals surface area contributed by atoms with Crippen LogP contribution in [0.3, 0.4) is 0 Å². The van der Waals surface area contributed by atoms with Gasteiger partial charge in [-0.3, -0.25) is 0 Å². The Hall–Kier alpha value is -6.37. The molecular formula is C51H41N2O4+. The third-order valence-corrected chi connectivity index (χ3v) is 13.1. The Bertz CT molecular complexity index is 3030. The van der Waals surface area contributed by atoms with Crippen LogP contribution in [0.1, 0.15) is 36.8 Å². The normalized spacial score (nSPS) is 20.8. The molecule has 2 fully saturated rings. The molecule has 0 aromatic heterocycles. The molecule has 3 heterocycles. The van der Waals surface area contributed by atoms with Gasteiger partial charge in [0, 0.05) is 40.8 Å². The number of ether oxygens (including phenoxy) is 4. The van der Waals surface area contributed by atoms with E-state index in [1.54, 1.807) is 14.2 Å². The quantitative estimate of drug-likeness (QED) is 0.168. The summed E-state index contributed by atoms with van der Waals surface area (Å²) in [5.41, 5.74) is 6.29. The van der Waals surface area contributed by atoms with E-state index in [-0.39, 0.29) is 12.1 Å². The maximum absolute atomic E-state index is 7.80. The highest BCUT2D eigenvalue weighted by Gasteiger charge is 2.71. The SMILES string of the molecule is COc1ccc2ccccc2c1-c1c2c(cc3ccccc13)C=[N+]1[C@@H]3CCCCC3N3Cc4cc5ccccc5c(-c5c(OC)ccc6ccccc56)c4OC31O2. The lowest BCUT2D eigenvalue weighted by molar-refractivity contribution is -0.717. The zero-order valence-corrected chi connectivity index (χ0v) is 32.0. The summed E-state index contributed by atoms with van der Waals surface area (Å²) in [4.78, 5) is 2.52. The van der Waals surface area contributed by atoms with Crippen LogP contribution in [0.5, 0.6) is 23.0 Å². The first kappa shape index (κ1) is 32.8. The van der Waals surface area contributed by atoms with Crippen molar-refractivity contribution < 1.29 is 23.5 Å². The molecule has 1 aliphatic carbocycles. The van der Waals surface area contributed by atoms with Crippen LogP contribution in [0.15, 0.2) is 133 Å². The Morgan fingerprint density at radius 3 is 1.68 bits per heavy atom. The van der Waals surface area contributed by atoms with E-state index in [1.165, 1.54) is 18.2 Å². The first-order valence-electron chi connectivity index (χ1n) is 20.2. The average Bonchev–Trinajstić information content (AvgIpc) is 3.53. The highest BCUT2D eigenvalue weighted by atomic mass is 16.8. The summed E-state index contributed by atoms with van der Waals surface area (Å²) in [6.07, 6.45) is 6.85. The fourth-order valence-electron chi connectivity index (χ4n) is 10.6. The van der Waals surface area contributed by atoms with Gasteiger partial charge in [-0.25, -0.2) is 0 Å². The van der Waals surface area contributed by atoms with Gasteiger partial charge in [-0.1, -0.05) is 116 Å². The van der Waals surface area contributed by atoms with Crippen LogP contribution in [0.25, 0.3) is 65.3 Å². The monoisotopic (exact) mass is 745 g/mol. The third-order valence-electron chi connectivity index (χ3n) is 13.1. The van der Waals surface area contributed by atoms with Crippen molar-refractivity contribution in [2.24, 2.45) is 0 Å². The second-order valence-corrected chi connectivity index (χ2v) is 15.9. The molecule has 2 unspecified atom stereocenters. The van der Waals surface area contributed by atoms with Crippen LogP contribution in [-0.2, 0) is 6.54 Å². The van der Waals surface area contributed by atoms with Crippen molar-refractivity contribution in [3.05, 3.63) is 145 Å². The van der Waals surface area contributed by atoms with E-state index in [9.17, 15) is 0 Å². The molecular weight excluding hydrogens is 705 g/mol. The summed E-state index contributed by atoms with van der Waals surface area (Å²) in [5, 5.41) is 9.08. The lowest BCUT2D eigenvalue weighted by atomic mass is 9.88. The molecule has 3 atom stereocenters. The van der Waals surface area contributed by atoms with E-state index >= 15 is 0 Å². The lowest BCUT2D eigenvalue weighted by Crippen LogP contribution is -2.63. The van der Waals surface area contributed by atoms with E-state index in [0.29, 0.717) is 6.54 Å². The van der Waals surface area contributed by atoms with E-state index < -0.39 is 6.03 Å². The van der Waals surface area contributed by atoms with Crippen LogP contribution < -0.4 is 18.9 Å². The van der Waals surface area contributed by atoms with Crippen molar-refractivity contribution in [3.8, 4) is 45.3 Å². The molecule has 8 aromatic carbocycles. The largest absolute Gasteiger partial charge is 0.551 e. The summed E-state index contributed by atoms with van der Waals surface area (Å²) < 4.78 is 30.4. The summed E-state index contributed by atoms with van der Waals surface area (Å²) >= 11 is 0. The molecule has 1 saturated carbocycles. The van der Waals surface area contributed by atoms with Crippen LogP contribution in [0.4, 0.5) is 0 Å². The van der Waals surface area contributed by atoms with Gasteiger partial charge in [0.1, 0.15) is 17.2 Å². The highest BCUT2D eigenvalue weighted by molar-refractivity contribution is 6.13. The van der Waals surface area contributed by atoms with E-state index in [2.05, 4.69) is 149 Å². The molecule has 278 valence electrons. The van der Waals surface area contributed by atoms with Crippen molar-refractivity contribution in [3.63, 3.8) is 0 Å². The van der Waals surface area contributed by atoms with Crippen LogP contribution >= 0.6 is 0 Å². The summed E-state index contributed by atoms with van der Waals surface area (Å²) in [6.45, 7) is 0.682. The molecule has 0 amide bonds. The molecule has 0 bridgehead atoms. The van der Waals surface area contributed by atoms with E-state index in [4.69, 9.17) is 18.9 Å². The zero-order valence-electron chi connectivity index (χ0n) is 32.0. The number of methoxy groups -OCH3 is 2. The Kier molecular flexibility index (Phi) is 7.09. The standard InChI is InChI=1S/C51H41N2O4/c1-54-43-25-23-31-13-3-7-17-37(31)45(43)47-39-19-9-5-15-33(39)27-35-29-52-41-21-11-12-22-42(41)53-30-36-28-34-16-6-10-20-40(34)48(50(36)57-51(52,53)56-49(35)47)46-38-18-8-4-14-32(38)24-26-44(46)55-2/h3-10,13-20,23-29,41-42H,11-12,21-22,30H2,1-2H3/q+1/t41-,42?,51?/m1/s1. The second-order valence-electron chi connectivity index (χ2n) is 15.9. The number of fused-ring (bicyclic) bond motifs is 9. The van der Waals surface area contributed by atoms with Gasteiger partial charge in [0.05, 0.1) is 25.8 Å². The number of hydrogen-bond acceptors (Lipinski definition) is 5. The van der Waals surface area contributed by atoms with Crippen molar-refractivity contribution >= 4 is 49.3 Å². The summed E-state index contributed by atoms with van der Waals surface area (Å²) in [6, 6.07) is 46.8. The first-order chi connectivity index (χ1) is 28.1. The third kappa shape index (κ3) is 4.59. The van der Waals surface area contributed by atoms with E-state index in [1.807, 2.05) is 0 Å². The minimum Gasteiger partial charge on any atom is -0.496 e. The van der Waals surface area contributed by atoms with Gasteiger partial charge < -0.3 is 18.9 Å². The van der Waals surface area contributed by atoms with Gasteiger partial charge in [-0.2, -0.15) is 4.90 Å². The maximum Gasteiger partial charge on any atom is 0.551 e. The molecule has 1 spiro atoms. The summed E-state index contributed by atoms with van der Waals surface area (Å²) in [7, 11) is 3.52. The maximum atomic E-state index is 7.80. The molecule has 8 aromatic rings. The minimum absolute atomic E-state index is 0.230. The Balaban J connectivity index is 1.16. The molecule has 1 saturated heterocycles. The zero-order chi connectivity index (χ0) is 37.8. The fraction of sp³-hybridized carbons (Fsp3) is 0.196. The smallest absolute Gasteiger partial charge is 0.496 e. The van der Waals surface area contributed by atoms with Crippen molar-refractivity contribution in [1.82, 2.24) is 4.90 Å². The van der Waals surface area contributed by atoms with Crippen LogP contribution in [0, 0.1) is 0 Å². The van der Waals surface area contributed by atoms with E-state index in [0.717, 1.165) is 107 Å². The molecule has 0 N–H and O–H groups in total. The Labute approximate surface area is 331 Å². The predicted molar refractivity (Wildman–Crippen MR) is 228 cm³/mol. The topological polar surface area (TPSA) is 43.2 Å². The lowest BCUT2D eigenvalue weighted by Gasteiger charge is -2.40. The molecule has 6 nitrogen and oxygen atoms in total. The molecule has 4 aliphatic rings. The molecule has 12 rings (SSSR count). The predicted octanol–water partition coefficient (Wildman–Crippen LogP) is 11.3. The molecule has 6 heteroatoms. The minimum atomic E-state index is -1.23. The summed E-state index contributed by atoms with van der Waals surface area (Å²) in [5.74, 6) is 3.26. The number of hydrogen-bond donors (Lipinski definition) is 0. The number of nitrogens with zero attached hydrogens (tertiary/aromatic N) is 2. The Morgan fingerprint density at radius 1 is 0.561 bits per heavy atom. The Morgan fingerprint density at radius 2 is 1.07 bits per heavy atom. The number of benzene rings is 8. The second kappa shape index (κ2) is 12.3. The van der Waals surface area contributed by atoms with Gasteiger partial charge in [0.2, 0.25) is 0 Å². The van der Waals surface area contributed by atoms with Gasteiger partial charge in [0.25, 0.3) is 0 Å². The van der Waals surface area contributed by atoms with Gasteiger partial charge >= 0.3 is 6.03 Å². The molecule has 0 radical (unpaired) electrons. The van der Waals surface area contributed by atoms with Gasteiger partial charge in [0.15, 0.2) is 18.0 Å². The molecule has 3 aliphatic heterocycles. The number of rotatable bonds is 4. The van der Waals surface area contributed by atoms with Crippen LogP contribution in [0.2, 0.25) is 0 Å². The van der Waals surface area contributed by atoms with Gasteiger partial charge in [-0.05, 0) is 80.2 Å². The van der Waals surface area contributed by atoms with Crippen molar-refractivity contribution in [1.29, 1.82) is 0 Å². The first-order valence-corrected chi connectivity index (χ1v) is 20.2. The van der Waals surface area contributed by atoms with Gasteiger partial charge in [-0.15, -0.1) is 4.58 Å². The van der Waals surface area contributed by atoms with Crippen molar-refractivity contribution in [2.75, 3.05) is 14.2 Å². The average molecular weight is 746 g/mol. The molecule has 57 heavy (non-hydrogen) atoms. The van der Waals surface area contributed by atoms with Crippen LogP contribution in [-0.4, -0.2) is 48.0 Å². The fourth-order valence-corrected chi connectivity index (χ4v) is 10.6. The highest BCUT2D eigenvalue weighted by Crippen LogP contribution is 2.56. The van der Waals surface area contributed by atoms with Crippen molar-refractivity contribution in [2.45, 2.75) is 50.3 Å².